The molecule has 1 saturated carbocycles. The third-order valence-corrected chi connectivity index (χ3v) is 4.45. The smallest absolute Gasteiger partial charge is 0.277 e. The van der Waals surface area contributed by atoms with Crippen LogP contribution in [0.4, 0.5) is 5.69 Å². The minimum Gasteiger partial charge on any atom is -0.416 e. The first kappa shape index (κ1) is 14.4. The number of amides is 1. The predicted molar refractivity (Wildman–Crippen MR) is 81.8 cm³/mol. The summed E-state index contributed by atoms with van der Waals surface area (Å²) in [5.74, 6) is 1.20. The van der Waals surface area contributed by atoms with Crippen molar-refractivity contribution in [1.82, 2.24) is 10.2 Å². The number of carbonyl (C=O) groups is 1. The second kappa shape index (κ2) is 6.07. The summed E-state index contributed by atoms with van der Waals surface area (Å²) in [6.45, 7) is 1.87. The first-order valence-electron chi connectivity index (χ1n) is 6.64. The maximum atomic E-state index is 11.9. The molecule has 110 valence electrons. The lowest BCUT2D eigenvalue weighted by Gasteiger charge is -2.08. The zero-order valence-corrected chi connectivity index (χ0v) is 13.0. The van der Waals surface area contributed by atoms with Crippen molar-refractivity contribution in [2.45, 2.75) is 30.9 Å². The number of carbonyl (C=O) groups excluding carboxylic acids is 1. The molecule has 3 rings (SSSR count). The van der Waals surface area contributed by atoms with Gasteiger partial charge >= 0.3 is 0 Å². The van der Waals surface area contributed by atoms with E-state index in [0.717, 1.165) is 24.1 Å². The highest BCUT2D eigenvalue weighted by atomic mass is 35.5. The lowest BCUT2D eigenvalue weighted by molar-refractivity contribution is -0.113. The molecule has 0 spiro atoms. The average Bonchev–Trinajstić information content (AvgIpc) is 3.21. The minimum atomic E-state index is -0.128. The molecule has 0 aliphatic heterocycles. The molecule has 1 aromatic carbocycles. The Hall–Kier alpha value is -1.53. The van der Waals surface area contributed by atoms with Crippen LogP contribution in [0.1, 0.15) is 30.2 Å². The summed E-state index contributed by atoms with van der Waals surface area (Å²) < 4.78 is 5.49. The SMILES string of the molecule is Cc1c(Cl)cccc1NC(=O)CSc1nnc(C2CC2)o1. The van der Waals surface area contributed by atoms with Crippen LogP contribution in [0, 0.1) is 6.92 Å². The molecule has 21 heavy (non-hydrogen) atoms. The van der Waals surface area contributed by atoms with Crippen LogP contribution in [0.2, 0.25) is 5.02 Å². The number of hydrogen-bond donors (Lipinski definition) is 1. The Balaban J connectivity index is 1.54. The Labute approximate surface area is 131 Å². The number of nitrogens with zero attached hydrogens (tertiary/aromatic N) is 2. The van der Waals surface area contributed by atoms with E-state index < -0.39 is 0 Å². The second-order valence-corrected chi connectivity index (χ2v) is 6.26. The van der Waals surface area contributed by atoms with E-state index in [1.807, 2.05) is 13.0 Å². The van der Waals surface area contributed by atoms with Gasteiger partial charge in [-0.05, 0) is 37.5 Å². The van der Waals surface area contributed by atoms with Crippen molar-refractivity contribution in [3.05, 3.63) is 34.7 Å². The summed E-state index contributed by atoms with van der Waals surface area (Å²) >= 11 is 7.26. The van der Waals surface area contributed by atoms with E-state index in [-0.39, 0.29) is 11.7 Å². The van der Waals surface area contributed by atoms with Crippen LogP contribution in [-0.4, -0.2) is 21.9 Å². The van der Waals surface area contributed by atoms with Crippen molar-refractivity contribution in [2.75, 3.05) is 11.1 Å². The number of benzene rings is 1. The minimum absolute atomic E-state index is 0.128. The zero-order valence-electron chi connectivity index (χ0n) is 11.4. The Morgan fingerprint density at radius 1 is 1.48 bits per heavy atom. The normalized spacial score (nSPS) is 14.2. The summed E-state index contributed by atoms with van der Waals surface area (Å²) in [6, 6.07) is 5.42. The van der Waals surface area contributed by atoms with E-state index in [9.17, 15) is 4.79 Å². The first-order chi connectivity index (χ1) is 10.1. The number of nitrogens with one attached hydrogen (secondary N) is 1. The third-order valence-electron chi connectivity index (χ3n) is 3.22. The molecule has 0 unspecified atom stereocenters. The average molecular weight is 324 g/mol. The van der Waals surface area contributed by atoms with Crippen LogP contribution in [0.15, 0.2) is 27.8 Å². The fourth-order valence-corrected chi connectivity index (χ4v) is 2.57. The van der Waals surface area contributed by atoms with Gasteiger partial charge in [-0.1, -0.05) is 29.4 Å². The number of anilines is 1. The molecular formula is C14H14ClN3O2S. The van der Waals surface area contributed by atoms with Crippen molar-refractivity contribution in [3.8, 4) is 0 Å². The van der Waals surface area contributed by atoms with E-state index in [2.05, 4.69) is 15.5 Å². The van der Waals surface area contributed by atoms with Crippen LogP contribution < -0.4 is 5.32 Å². The van der Waals surface area contributed by atoms with Crippen molar-refractivity contribution in [2.24, 2.45) is 0 Å². The molecule has 0 atom stereocenters. The van der Waals surface area contributed by atoms with Crippen molar-refractivity contribution >= 4 is 35.0 Å². The number of thioether (sulfide) groups is 1. The quantitative estimate of drug-likeness (QED) is 0.851. The van der Waals surface area contributed by atoms with Gasteiger partial charge in [0.15, 0.2) is 0 Å². The maximum absolute atomic E-state index is 11.9. The topological polar surface area (TPSA) is 68.0 Å². The van der Waals surface area contributed by atoms with E-state index >= 15 is 0 Å². The maximum Gasteiger partial charge on any atom is 0.277 e. The predicted octanol–water partition coefficient (Wildman–Crippen LogP) is 3.64. The monoisotopic (exact) mass is 323 g/mol. The summed E-state index contributed by atoms with van der Waals surface area (Å²) in [4.78, 5) is 11.9. The number of hydrogen-bond acceptors (Lipinski definition) is 5. The van der Waals surface area contributed by atoms with Gasteiger partial charge in [-0.3, -0.25) is 4.79 Å². The van der Waals surface area contributed by atoms with Gasteiger partial charge in [-0.2, -0.15) is 0 Å². The molecule has 0 saturated heterocycles. The molecule has 5 nitrogen and oxygen atoms in total. The number of aromatic nitrogens is 2. The molecule has 2 aromatic rings. The highest BCUT2D eigenvalue weighted by Crippen LogP contribution is 2.39. The second-order valence-electron chi connectivity index (χ2n) is 4.93. The number of rotatable bonds is 5. The molecule has 1 heterocycles. The van der Waals surface area contributed by atoms with Crippen molar-refractivity contribution in [1.29, 1.82) is 0 Å². The molecule has 1 N–H and O–H groups in total. The Kier molecular flexibility index (Phi) is 4.17. The zero-order chi connectivity index (χ0) is 14.8. The van der Waals surface area contributed by atoms with Gasteiger partial charge in [0.05, 0.1) is 5.75 Å². The Bertz CT molecular complexity index is 670. The Morgan fingerprint density at radius 2 is 2.29 bits per heavy atom. The van der Waals surface area contributed by atoms with E-state index in [1.165, 1.54) is 11.8 Å². The van der Waals surface area contributed by atoms with Gasteiger partial charge in [0.1, 0.15) is 0 Å². The molecular weight excluding hydrogens is 310 g/mol. The molecule has 0 radical (unpaired) electrons. The van der Waals surface area contributed by atoms with Crippen LogP contribution in [-0.2, 0) is 4.79 Å². The van der Waals surface area contributed by atoms with Crippen LogP contribution in [0.3, 0.4) is 0 Å². The highest BCUT2D eigenvalue weighted by Gasteiger charge is 2.29. The molecule has 1 aliphatic carbocycles. The molecule has 1 fully saturated rings. The van der Waals surface area contributed by atoms with Gasteiger partial charge < -0.3 is 9.73 Å². The molecule has 0 bridgehead atoms. The van der Waals surface area contributed by atoms with Crippen LogP contribution in [0.5, 0.6) is 0 Å². The molecule has 1 aromatic heterocycles. The van der Waals surface area contributed by atoms with Crippen LogP contribution >= 0.6 is 23.4 Å². The highest BCUT2D eigenvalue weighted by molar-refractivity contribution is 7.99. The van der Waals surface area contributed by atoms with Crippen molar-refractivity contribution < 1.29 is 9.21 Å². The fourth-order valence-electron chi connectivity index (χ4n) is 1.83. The van der Waals surface area contributed by atoms with Gasteiger partial charge in [0, 0.05) is 16.6 Å². The van der Waals surface area contributed by atoms with E-state index in [4.69, 9.17) is 16.0 Å². The largest absolute Gasteiger partial charge is 0.416 e. The lowest BCUT2D eigenvalue weighted by Crippen LogP contribution is -2.14. The molecule has 7 heteroatoms. The lowest BCUT2D eigenvalue weighted by atomic mass is 10.2. The summed E-state index contributed by atoms with van der Waals surface area (Å²) in [7, 11) is 0. The molecule has 1 amide bonds. The van der Waals surface area contributed by atoms with Crippen molar-refractivity contribution in [3.63, 3.8) is 0 Å². The summed E-state index contributed by atoms with van der Waals surface area (Å²) in [5, 5.41) is 11.8. The first-order valence-corrected chi connectivity index (χ1v) is 8.01. The van der Waals surface area contributed by atoms with Gasteiger partial charge in [0.25, 0.3) is 5.22 Å². The van der Waals surface area contributed by atoms with Gasteiger partial charge in [-0.25, -0.2) is 0 Å². The van der Waals surface area contributed by atoms with E-state index in [0.29, 0.717) is 22.1 Å². The van der Waals surface area contributed by atoms with Gasteiger partial charge in [-0.15, -0.1) is 10.2 Å². The third kappa shape index (κ3) is 3.57. The van der Waals surface area contributed by atoms with E-state index in [1.54, 1.807) is 12.1 Å². The standard InChI is InChI=1S/C14H14ClN3O2S/c1-8-10(15)3-2-4-11(8)16-12(19)7-21-14-18-17-13(20-14)9-5-6-9/h2-4,9H,5-7H2,1H3,(H,16,19). The summed E-state index contributed by atoms with van der Waals surface area (Å²) in [6.07, 6.45) is 2.22. The Morgan fingerprint density at radius 3 is 3.05 bits per heavy atom. The summed E-state index contributed by atoms with van der Waals surface area (Å²) in [5.41, 5.74) is 1.57. The fraction of sp³-hybridized carbons (Fsp3) is 0.357. The van der Waals surface area contributed by atoms with Crippen LogP contribution in [0.25, 0.3) is 0 Å². The number of halogens is 1. The van der Waals surface area contributed by atoms with Gasteiger partial charge in [0.2, 0.25) is 11.8 Å². The molecule has 1 aliphatic rings.